The molecular weight excluding hydrogens is 275 g/mol. The van der Waals surface area contributed by atoms with Gasteiger partial charge in [0.1, 0.15) is 18.0 Å². The number of phenols is 1. The number of aromatic hydroxyl groups is 1. The molecule has 0 aliphatic rings. The SMILES string of the molecule is CC(=O)NCC(O)C(O)c1cc(F)cc([N+](=O)[O-])c1O. The minimum atomic E-state index is -1.80. The van der Waals surface area contributed by atoms with Crippen molar-refractivity contribution in [1.29, 1.82) is 0 Å². The Kier molecular flexibility index (Phi) is 4.94. The van der Waals surface area contributed by atoms with E-state index < -0.39 is 45.9 Å². The second kappa shape index (κ2) is 6.26. The van der Waals surface area contributed by atoms with E-state index in [1.807, 2.05) is 0 Å². The maximum absolute atomic E-state index is 13.2. The number of nitrogens with one attached hydrogen (secondary N) is 1. The summed E-state index contributed by atoms with van der Waals surface area (Å²) in [5.74, 6) is -2.45. The van der Waals surface area contributed by atoms with Crippen molar-refractivity contribution in [1.82, 2.24) is 5.32 Å². The van der Waals surface area contributed by atoms with Crippen LogP contribution >= 0.6 is 0 Å². The summed E-state index contributed by atoms with van der Waals surface area (Å²) in [7, 11) is 0. The van der Waals surface area contributed by atoms with Crippen LogP contribution in [-0.4, -0.2) is 38.8 Å². The average molecular weight is 288 g/mol. The van der Waals surface area contributed by atoms with Gasteiger partial charge >= 0.3 is 5.69 Å². The fourth-order valence-corrected chi connectivity index (χ4v) is 1.54. The zero-order valence-corrected chi connectivity index (χ0v) is 10.4. The van der Waals surface area contributed by atoms with Crippen LogP contribution in [0.4, 0.5) is 10.1 Å². The summed E-state index contributed by atoms with van der Waals surface area (Å²) in [6, 6.07) is 1.16. The molecule has 0 fully saturated rings. The molecule has 1 amide bonds. The number of nitro groups is 1. The largest absolute Gasteiger partial charge is 0.502 e. The van der Waals surface area contributed by atoms with Crippen LogP contribution in [0.25, 0.3) is 0 Å². The molecule has 4 N–H and O–H groups in total. The van der Waals surface area contributed by atoms with Gasteiger partial charge < -0.3 is 20.6 Å². The number of rotatable bonds is 5. The Bertz CT molecular complexity index is 536. The maximum atomic E-state index is 13.2. The lowest BCUT2D eigenvalue weighted by Gasteiger charge is -2.19. The van der Waals surface area contributed by atoms with Crippen LogP contribution in [0.3, 0.4) is 0 Å². The Hall–Kier alpha value is -2.26. The van der Waals surface area contributed by atoms with Crippen molar-refractivity contribution in [2.45, 2.75) is 19.1 Å². The summed E-state index contributed by atoms with van der Waals surface area (Å²) >= 11 is 0. The Morgan fingerprint density at radius 1 is 1.50 bits per heavy atom. The highest BCUT2D eigenvalue weighted by atomic mass is 19.1. The van der Waals surface area contributed by atoms with Crippen molar-refractivity contribution in [2.24, 2.45) is 0 Å². The number of hydrogen-bond donors (Lipinski definition) is 4. The number of nitro benzene ring substituents is 1. The van der Waals surface area contributed by atoms with E-state index in [9.17, 15) is 34.6 Å². The third kappa shape index (κ3) is 3.62. The number of halogens is 1. The molecule has 2 atom stereocenters. The number of carbonyl (C=O) groups is 1. The summed E-state index contributed by atoms with van der Waals surface area (Å²) in [5, 5.41) is 41.8. The van der Waals surface area contributed by atoms with Crippen molar-refractivity contribution in [2.75, 3.05) is 6.54 Å². The first-order valence-electron chi connectivity index (χ1n) is 5.51. The summed E-state index contributed by atoms with van der Waals surface area (Å²) in [6.07, 6.45) is -3.36. The Morgan fingerprint density at radius 3 is 2.60 bits per heavy atom. The van der Waals surface area contributed by atoms with E-state index >= 15 is 0 Å². The van der Waals surface area contributed by atoms with Gasteiger partial charge in [-0.2, -0.15) is 0 Å². The molecule has 9 heteroatoms. The number of hydrogen-bond acceptors (Lipinski definition) is 6. The lowest BCUT2D eigenvalue weighted by Crippen LogP contribution is -2.34. The Labute approximate surface area is 112 Å². The first-order valence-corrected chi connectivity index (χ1v) is 5.51. The lowest BCUT2D eigenvalue weighted by atomic mass is 10.0. The molecule has 0 bridgehead atoms. The molecule has 0 aliphatic heterocycles. The van der Waals surface area contributed by atoms with E-state index in [1.54, 1.807) is 0 Å². The van der Waals surface area contributed by atoms with Gasteiger partial charge in [-0.25, -0.2) is 4.39 Å². The molecule has 1 aromatic carbocycles. The number of amides is 1. The van der Waals surface area contributed by atoms with Gasteiger partial charge in [0.05, 0.1) is 11.0 Å². The molecule has 1 rings (SSSR count). The van der Waals surface area contributed by atoms with E-state index in [4.69, 9.17) is 0 Å². The molecule has 2 unspecified atom stereocenters. The molecule has 0 aliphatic carbocycles. The highest BCUT2D eigenvalue weighted by Gasteiger charge is 2.27. The summed E-state index contributed by atoms with van der Waals surface area (Å²) in [4.78, 5) is 20.3. The normalized spacial score (nSPS) is 13.6. The molecule has 8 nitrogen and oxygen atoms in total. The van der Waals surface area contributed by atoms with Crippen LogP contribution in [0.2, 0.25) is 0 Å². The van der Waals surface area contributed by atoms with Crippen LogP contribution in [-0.2, 0) is 4.79 Å². The van der Waals surface area contributed by atoms with E-state index in [-0.39, 0.29) is 6.54 Å². The number of nitrogens with zero attached hydrogens (tertiary/aromatic N) is 1. The van der Waals surface area contributed by atoms with Gasteiger partial charge in [0, 0.05) is 19.0 Å². The first-order chi connectivity index (χ1) is 9.23. The first kappa shape index (κ1) is 15.8. The third-order valence-electron chi connectivity index (χ3n) is 2.52. The van der Waals surface area contributed by atoms with Crippen molar-refractivity contribution in [3.05, 3.63) is 33.6 Å². The van der Waals surface area contributed by atoms with Crippen molar-refractivity contribution in [3.63, 3.8) is 0 Å². The van der Waals surface area contributed by atoms with E-state index in [2.05, 4.69) is 5.32 Å². The van der Waals surface area contributed by atoms with Crippen LogP contribution in [0.1, 0.15) is 18.6 Å². The van der Waals surface area contributed by atoms with Gasteiger partial charge in [0.2, 0.25) is 11.7 Å². The van der Waals surface area contributed by atoms with Crippen molar-refractivity contribution < 1.29 is 29.4 Å². The summed E-state index contributed by atoms with van der Waals surface area (Å²) in [6.45, 7) is 0.823. The molecule has 110 valence electrons. The smallest absolute Gasteiger partial charge is 0.314 e. The van der Waals surface area contributed by atoms with Gasteiger partial charge in [-0.3, -0.25) is 14.9 Å². The highest BCUT2D eigenvalue weighted by molar-refractivity contribution is 5.72. The highest BCUT2D eigenvalue weighted by Crippen LogP contribution is 2.35. The van der Waals surface area contributed by atoms with Gasteiger partial charge in [-0.1, -0.05) is 0 Å². The molecule has 20 heavy (non-hydrogen) atoms. The molecule has 0 radical (unpaired) electrons. The Morgan fingerprint density at radius 2 is 2.10 bits per heavy atom. The molecule has 0 spiro atoms. The number of carbonyl (C=O) groups excluding carboxylic acids is 1. The zero-order chi connectivity index (χ0) is 15.4. The molecule has 1 aromatic rings. The molecular formula is C11H13FN2O6. The summed E-state index contributed by atoms with van der Waals surface area (Å²) in [5.41, 5.74) is -1.46. The molecule has 0 saturated carbocycles. The predicted molar refractivity (Wildman–Crippen MR) is 64.4 cm³/mol. The lowest BCUT2D eigenvalue weighted by molar-refractivity contribution is -0.386. The molecule has 0 heterocycles. The van der Waals surface area contributed by atoms with E-state index in [0.29, 0.717) is 12.1 Å². The average Bonchev–Trinajstić information content (AvgIpc) is 2.36. The topological polar surface area (TPSA) is 133 Å². The minimum Gasteiger partial charge on any atom is -0.502 e. The second-order valence-corrected chi connectivity index (χ2v) is 4.07. The minimum absolute atomic E-state index is 0.361. The Balaban J connectivity index is 3.06. The second-order valence-electron chi connectivity index (χ2n) is 4.07. The molecule has 0 aromatic heterocycles. The number of aliphatic hydroxyl groups excluding tert-OH is 2. The van der Waals surface area contributed by atoms with Crippen LogP contribution < -0.4 is 5.32 Å². The monoisotopic (exact) mass is 288 g/mol. The van der Waals surface area contributed by atoms with E-state index in [0.717, 1.165) is 0 Å². The van der Waals surface area contributed by atoms with Gasteiger partial charge in [0.15, 0.2) is 0 Å². The fourth-order valence-electron chi connectivity index (χ4n) is 1.54. The number of phenolic OH excluding ortho intramolecular Hbond substituents is 1. The van der Waals surface area contributed by atoms with Crippen LogP contribution in [0.15, 0.2) is 12.1 Å². The van der Waals surface area contributed by atoms with Crippen molar-refractivity contribution >= 4 is 11.6 Å². The van der Waals surface area contributed by atoms with E-state index in [1.165, 1.54) is 6.92 Å². The van der Waals surface area contributed by atoms with Crippen LogP contribution in [0.5, 0.6) is 5.75 Å². The van der Waals surface area contributed by atoms with Crippen LogP contribution in [0, 0.1) is 15.9 Å². The molecule has 0 saturated heterocycles. The third-order valence-corrected chi connectivity index (χ3v) is 2.52. The maximum Gasteiger partial charge on any atom is 0.314 e. The van der Waals surface area contributed by atoms with Gasteiger partial charge in [0.25, 0.3) is 0 Å². The quantitative estimate of drug-likeness (QED) is 0.444. The summed E-state index contributed by atoms with van der Waals surface area (Å²) < 4.78 is 13.2. The number of benzene rings is 1. The number of aliphatic hydroxyl groups is 2. The standard InChI is InChI=1S/C11H13FN2O6/c1-5(15)13-4-9(16)11(18)7-2-6(12)3-8(10(7)17)14(19)20/h2-3,9,11,16-18H,4H2,1H3,(H,13,15). The van der Waals surface area contributed by atoms with Crippen molar-refractivity contribution in [3.8, 4) is 5.75 Å². The fraction of sp³-hybridized carbons (Fsp3) is 0.364. The van der Waals surface area contributed by atoms with Gasteiger partial charge in [-0.15, -0.1) is 0 Å². The predicted octanol–water partition coefficient (Wildman–Crippen LogP) is -0.0301. The van der Waals surface area contributed by atoms with Gasteiger partial charge in [-0.05, 0) is 6.07 Å². The zero-order valence-electron chi connectivity index (χ0n) is 10.4.